The third kappa shape index (κ3) is 4.78. The number of hydrogen-bond acceptors (Lipinski definition) is 5. The zero-order valence-corrected chi connectivity index (χ0v) is 16.3. The number of rotatable bonds is 5. The summed E-state index contributed by atoms with van der Waals surface area (Å²) >= 11 is 0. The number of nitrogens with one attached hydrogen (secondary N) is 1. The fourth-order valence-electron chi connectivity index (χ4n) is 3.66. The van der Waals surface area contributed by atoms with Crippen molar-refractivity contribution in [1.82, 2.24) is 15.3 Å². The largest absolute Gasteiger partial charge is 0.378 e. The minimum absolute atomic E-state index is 0.241. The van der Waals surface area contributed by atoms with Gasteiger partial charge in [0.15, 0.2) is 0 Å². The lowest BCUT2D eigenvalue weighted by molar-refractivity contribution is 0.0548. The predicted molar refractivity (Wildman–Crippen MR) is 113 cm³/mol. The Balaban J connectivity index is 1.56. The van der Waals surface area contributed by atoms with Gasteiger partial charge >= 0.3 is 0 Å². The van der Waals surface area contributed by atoms with Crippen molar-refractivity contribution in [3.63, 3.8) is 0 Å². The molecule has 2 heterocycles. The zero-order valence-electron chi connectivity index (χ0n) is 16.3. The molecule has 0 radical (unpaired) electrons. The Morgan fingerprint density at radius 3 is 2.59 bits per heavy atom. The molecule has 6 heteroatoms. The Labute approximate surface area is 170 Å². The highest BCUT2D eigenvalue weighted by molar-refractivity contribution is 5.94. The first-order chi connectivity index (χ1) is 14.3. The molecule has 1 amide bonds. The topological polar surface area (TPSA) is 66.8 Å². The summed E-state index contributed by atoms with van der Waals surface area (Å²) < 4.78 is 5.53. The molecular formula is C23H24N4O2. The fourth-order valence-corrected chi connectivity index (χ4v) is 3.66. The summed E-state index contributed by atoms with van der Waals surface area (Å²) in [6, 6.07) is 13.7. The summed E-state index contributed by atoms with van der Waals surface area (Å²) in [5, 5.41) is 4.23. The van der Waals surface area contributed by atoms with Gasteiger partial charge in [-0.1, -0.05) is 30.3 Å². The van der Waals surface area contributed by atoms with Crippen molar-refractivity contribution < 1.29 is 9.53 Å². The average molecular weight is 388 g/mol. The molecule has 29 heavy (non-hydrogen) atoms. The first-order valence-electron chi connectivity index (χ1n) is 9.86. The summed E-state index contributed by atoms with van der Waals surface area (Å²) in [5.74, 6) is -0.241. The molecule has 4 rings (SSSR count). The van der Waals surface area contributed by atoms with Gasteiger partial charge in [0, 0.05) is 36.7 Å². The number of pyridine rings is 1. The van der Waals surface area contributed by atoms with Gasteiger partial charge in [-0.15, -0.1) is 0 Å². The number of carbonyl (C=O) groups is 1. The van der Waals surface area contributed by atoms with Crippen molar-refractivity contribution in [1.29, 1.82) is 0 Å². The Kier molecular flexibility index (Phi) is 6.12. The lowest BCUT2D eigenvalue weighted by Crippen LogP contribution is -2.36. The number of aromatic nitrogens is 1. The molecule has 1 aliphatic heterocycles. The molecule has 1 aromatic heterocycles. The number of amides is 1. The van der Waals surface area contributed by atoms with Crippen LogP contribution < -0.4 is 5.43 Å². The molecule has 1 fully saturated rings. The van der Waals surface area contributed by atoms with E-state index in [9.17, 15) is 4.79 Å². The van der Waals surface area contributed by atoms with Gasteiger partial charge in [0.1, 0.15) is 0 Å². The maximum absolute atomic E-state index is 12.2. The molecule has 0 spiro atoms. The highest BCUT2D eigenvalue weighted by Crippen LogP contribution is 2.34. The van der Waals surface area contributed by atoms with Crippen LogP contribution >= 0.6 is 0 Å². The number of allylic oxidation sites excluding steroid dienone is 2. The Morgan fingerprint density at radius 1 is 1.07 bits per heavy atom. The highest BCUT2D eigenvalue weighted by atomic mass is 16.5. The van der Waals surface area contributed by atoms with E-state index in [1.807, 2.05) is 6.07 Å². The van der Waals surface area contributed by atoms with Crippen LogP contribution in [0.25, 0.3) is 6.08 Å². The Bertz CT molecular complexity index is 930. The molecule has 1 N–H and O–H groups in total. The van der Waals surface area contributed by atoms with Gasteiger partial charge in [-0.05, 0) is 47.8 Å². The SMILES string of the molecule is O=C(N/N=C/C1=C(N2CCOCC2)C(=C/c2ccccc2)/CC1)c1ccncc1. The van der Waals surface area contributed by atoms with E-state index < -0.39 is 0 Å². The van der Waals surface area contributed by atoms with Crippen LogP contribution in [0.3, 0.4) is 0 Å². The maximum atomic E-state index is 12.2. The maximum Gasteiger partial charge on any atom is 0.271 e. The molecule has 0 unspecified atom stereocenters. The van der Waals surface area contributed by atoms with E-state index in [-0.39, 0.29) is 5.91 Å². The fraction of sp³-hybridized carbons (Fsp3) is 0.261. The Hall–Kier alpha value is -3.25. The number of hydrogen-bond donors (Lipinski definition) is 1. The van der Waals surface area contributed by atoms with Crippen LogP contribution in [-0.4, -0.2) is 48.3 Å². The van der Waals surface area contributed by atoms with Crippen LogP contribution in [0.15, 0.2) is 76.8 Å². The first-order valence-corrected chi connectivity index (χ1v) is 9.86. The molecule has 6 nitrogen and oxygen atoms in total. The van der Waals surface area contributed by atoms with Gasteiger partial charge in [-0.3, -0.25) is 9.78 Å². The summed E-state index contributed by atoms with van der Waals surface area (Å²) in [6.45, 7) is 3.18. The second-order valence-electron chi connectivity index (χ2n) is 6.99. The van der Waals surface area contributed by atoms with Gasteiger partial charge < -0.3 is 9.64 Å². The number of hydrazone groups is 1. The van der Waals surface area contributed by atoms with Gasteiger partial charge in [-0.25, -0.2) is 5.43 Å². The molecular weight excluding hydrogens is 364 g/mol. The normalized spacial score (nSPS) is 18.6. The zero-order chi connectivity index (χ0) is 19.9. The smallest absolute Gasteiger partial charge is 0.271 e. The molecule has 0 bridgehead atoms. The predicted octanol–water partition coefficient (Wildman–Crippen LogP) is 3.26. The number of benzene rings is 1. The van der Waals surface area contributed by atoms with E-state index in [0.717, 1.165) is 44.7 Å². The highest BCUT2D eigenvalue weighted by Gasteiger charge is 2.25. The van der Waals surface area contributed by atoms with Gasteiger partial charge in [0.2, 0.25) is 0 Å². The first kappa shape index (κ1) is 19.1. The lowest BCUT2D eigenvalue weighted by Gasteiger charge is -2.31. The van der Waals surface area contributed by atoms with Crippen LogP contribution in [0.4, 0.5) is 0 Å². The van der Waals surface area contributed by atoms with Crippen molar-refractivity contribution in [2.75, 3.05) is 26.3 Å². The van der Waals surface area contributed by atoms with Gasteiger partial charge in [0.05, 0.1) is 19.4 Å². The molecule has 1 aliphatic carbocycles. The van der Waals surface area contributed by atoms with Crippen LogP contribution in [-0.2, 0) is 4.74 Å². The van der Waals surface area contributed by atoms with Crippen LogP contribution in [0.2, 0.25) is 0 Å². The minimum atomic E-state index is -0.241. The van der Waals surface area contributed by atoms with E-state index in [2.05, 4.69) is 50.8 Å². The third-order valence-electron chi connectivity index (χ3n) is 5.07. The number of morpholine rings is 1. The van der Waals surface area contributed by atoms with E-state index in [4.69, 9.17) is 4.74 Å². The summed E-state index contributed by atoms with van der Waals surface area (Å²) in [7, 11) is 0. The summed E-state index contributed by atoms with van der Waals surface area (Å²) in [5.41, 5.74) is 8.02. The second kappa shape index (κ2) is 9.30. The van der Waals surface area contributed by atoms with Crippen molar-refractivity contribution in [2.24, 2.45) is 5.10 Å². The monoisotopic (exact) mass is 388 g/mol. The molecule has 1 saturated heterocycles. The molecule has 0 saturated carbocycles. The minimum Gasteiger partial charge on any atom is -0.378 e. The van der Waals surface area contributed by atoms with Crippen molar-refractivity contribution in [3.8, 4) is 0 Å². The van der Waals surface area contributed by atoms with Gasteiger partial charge in [-0.2, -0.15) is 5.10 Å². The quantitative estimate of drug-likeness (QED) is 0.631. The summed E-state index contributed by atoms with van der Waals surface area (Å²) in [4.78, 5) is 18.5. The van der Waals surface area contributed by atoms with Crippen molar-refractivity contribution >= 4 is 18.2 Å². The van der Waals surface area contributed by atoms with E-state index in [1.54, 1.807) is 30.7 Å². The van der Waals surface area contributed by atoms with Crippen molar-refractivity contribution in [3.05, 3.63) is 82.8 Å². The number of nitrogens with zero attached hydrogens (tertiary/aromatic N) is 3. The van der Waals surface area contributed by atoms with Gasteiger partial charge in [0.25, 0.3) is 5.91 Å². The van der Waals surface area contributed by atoms with Crippen LogP contribution in [0.1, 0.15) is 28.8 Å². The molecule has 148 valence electrons. The molecule has 2 aromatic rings. The molecule has 2 aliphatic rings. The standard InChI is InChI=1S/C23H24N4O2/c28-23(19-8-10-24-11-9-19)26-25-17-21-7-6-20(16-18-4-2-1-3-5-18)22(21)27-12-14-29-15-13-27/h1-5,8-11,16-17H,6-7,12-15H2,(H,26,28)/b20-16+,25-17+. The van der Waals surface area contributed by atoms with E-state index >= 15 is 0 Å². The average Bonchev–Trinajstić information content (AvgIpc) is 3.18. The van der Waals surface area contributed by atoms with E-state index in [0.29, 0.717) is 5.56 Å². The Morgan fingerprint density at radius 2 is 1.83 bits per heavy atom. The number of carbonyl (C=O) groups excluding carboxylic acids is 1. The summed E-state index contributed by atoms with van der Waals surface area (Å²) in [6.07, 6.45) is 9.09. The molecule has 0 atom stereocenters. The van der Waals surface area contributed by atoms with Crippen LogP contribution in [0.5, 0.6) is 0 Å². The second-order valence-corrected chi connectivity index (χ2v) is 6.99. The lowest BCUT2D eigenvalue weighted by atomic mass is 10.1. The molecule has 1 aromatic carbocycles. The van der Waals surface area contributed by atoms with Crippen LogP contribution in [0, 0.1) is 0 Å². The number of ether oxygens (including phenoxy) is 1. The third-order valence-corrected chi connectivity index (χ3v) is 5.07. The van der Waals surface area contributed by atoms with Crippen molar-refractivity contribution in [2.45, 2.75) is 12.8 Å². The van der Waals surface area contributed by atoms with E-state index in [1.165, 1.54) is 16.8 Å².